The average molecular weight is 466 g/mol. The van der Waals surface area contributed by atoms with E-state index >= 15 is 0 Å². The summed E-state index contributed by atoms with van der Waals surface area (Å²) in [7, 11) is 0. The van der Waals surface area contributed by atoms with E-state index in [0.29, 0.717) is 32.4 Å². The summed E-state index contributed by atoms with van der Waals surface area (Å²) in [4.78, 5) is 52.4. The van der Waals surface area contributed by atoms with E-state index in [0.717, 1.165) is 25.7 Å². The summed E-state index contributed by atoms with van der Waals surface area (Å²) in [6.45, 7) is 10.00. The standard InChI is InChI=1S/C24H43N5O4/c1-6-24(5,25)19(28-23(4)13-9-8-10-14-23)22(33)29-15-11-12-17(29)20(31)27-16(3)18(30)21(32)26-7-2/h16-17,19,28H,6-15,25H2,1-5H3,(H,26,32)(H,27,31). The van der Waals surface area contributed by atoms with Gasteiger partial charge in [-0.2, -0.15) is 0 Å². The van der Waals surface area contributed by atoms with Crippen molar-refractivity contribution >= 4 is 23.5 Å². The number of amides is 3. The SMILES string of the molecule is CCNC(=O)C(=O)C(C)NC(=O)C1CCCN1C(=O)C(NC1(C)CCCCC1)C(C)(N)CC. The molecule has 4 unspecified atom stereocenters. The van der Waals surface area contributed by atoms with Crippen LogP contribution < -0.4 is 21.7 Å². The topological polar surface area (TPSA) is 134 Å². The minimum absolute atomic E-state index is 0.167. The van der Waals surface area contributed by atoms with Crippen LogP contribution in [0.1, 0.15) is 86.0 Å². The van der Waals surface area contributed by atoms with Gasteiger partial charge in [0.15, 0.2) is 0 Å². The lowest BCUT2D eigenvalue weighted by atomic mass is 9.80. The van der Waals surface area contributed by atoms with Crippen LogP contribution in [0, 0.1) is 0 Å². The van der Waals surface area contributed by atoms with Gasteiger partial charge < -0.3 is 21.3 Å². The first kappa shape index (κ1) is 27.2. The molecule has 9 nitrogen and oxygen atoms in total. The molecule has 2 rings (SSSR count). The zero-order valence-electron chi connectivity index (χ0n) is 21.0. The fourth-order valence-electron chi connectivity index (χ4n) is 4.83. The summed E-state index contributed by atoms with van der Waals surface area (Å²) in [6, 6.07) is -2.27. The number of likely N-dealkylation sites (tertiary alicyclic amines) is 1. The maximum absolute atomic E-state index is 13.8. The monoisotopic (exact) mass is 465 g/mol. The van der Waals surface area contributed by atoms with Crippen molar-refractivity contribution in [3.63, 3.8) is 0 Å². The second-order valence-electron chi connectivity index (χ2n) is 10.2. The summed E-state index contributed by atoms with van der Waals surface area (Å²) in [6.07, 6.45) is 7.21. The fraction of sp³-hybridized carbons (Fsp3) is 0.833. The first-order valence-corrected chi connectivity index (χ1v) is 12.4. The molecule has 0 spiro atoms. The van der Waals surface area contributed by atoms with Gasteiger partial charge in [-0.25, -0.2) is 0 Å². The van der Waals surface area contributed by atoms with E-state index in [1.165, 1.54) is 13.3 Å². The Labute approximate surface area is 198 Å². The van der Waals surface area contributed by atoms with Crippen LogP contribution >= 0.6 is 0 Å². The molecule has 4 atom stereocenters. The van der Waals surface area contributed by atoms with Gasteiger partial charge in [0.05, 0.1) is 6.04 Å². The van der Waals surface area contributed by atoms with Crippen LogP contribution in [-0.4, -0.2) is 70.7 Å². The number of nitrogens with two attached hydrogens (primary N) is 1. The van der Waals surface area contributed by atoms with Crippen molar-refractivity contribution in [1.82, 2.24) is 20.9 Å². The fourth-order valence-corrected chi connectivity index (χ4v) is 4.83. The van der Waals surface area contributed by atoms with Gasteiger partial charge in [-0.3, -0.25) is 24.5 Å². The highest BCUT2D eigenvalue weighted by atomic mass is 16.2. The maximum atomic E-state index is 13.8. The average Bonchev–Trinajstić information content (AvgIpc) is 3.27. The molecule has 2 aliphatic rings. The zero-order chi connectivity index (χ0) is 24.8. The van der Waals surface area contributed by atoms with Gasteiger partial charge in [0, 0.05) is 24.2 Å². The predicted octanol–water partition coefficient (Wildman–Crippen LogP) is 0.996. The summed E-state index contributed by atoms with van der Waals surface area (Å²) in [5.74, 6) is -2.01. The number of Topliss-reactive ketones (excluding diaryl/α,β-unsaturated/α-hetero) is 1. The molecule has 1 saturated heterocycles. The Bertz CT molecular complexity index is 732. The molecule has 33 heavy (non-hydrogen) atoms. The van der Waals surface area contributed by atoms with Crippen LogP contribution in [0.15, 0.2) is 0 Å². The van der Waals surface area contributed by atoms with Crippen molar-refractivity contribution in [3.8, 4) is 0 Å². The summed E-state index contributed by atoms with van der Waals surface area (Å²) in [5.41, 5.74) is 5.67. The van der Waals surface area contributed by atoms with Crippen molar-refractivity contribution in [1.29, 1.82) is 0 Å². The highest BCUT2D eigenvalue weighted by Crippen LogP contribution is 2.31. The van der Waals surface area contributed by atoms with E-state index in [-0.39, 0.29) is 11.4 Å². The second kappa shape index (κ2) is 11.4. The molecule has 5 N–H and O–H groups in total. The van der Waals surface area contributed by atoms with Crippen LogP contribution in [0.2, 0.25) is 0 Å². The van der Waals surface area contributed by atoms with Gasteiger partial charge in [0.1, 0.15) is 12.1 Å². The Morgan fingerprint density at radius 1 is 1.12 bits per heavy atom. The van der Waals surface area contributed by atoms with Crippen molar-refractivity contribution in [3.05, 3.63) is 0 Å². The van der Waals surface area contributed by atoms with Gasteiger partial charge in [-0.1, -0.05) is 26.2 Å². The highest BCUT2D eigenvalue weighted by Gasteiger charge is 2.45. The van der Waals surface area contributed by atoms with Crippen LogP contribution in [0.3, 0.4) is 0 Å². The molecule has 1 aliphatic heterocycles. The van der Waals surface area contributed by atoms with Crippen molar-refractivity contribution in [2.24, 2.45) is 5.73 Å². The number of rotatable bonds is 10. The lowest BCUT2D eigenvalue weighted by Gasteiger charge is -2.44. The van der Waals surface area contributed by atoms with E-state index in [1.807, 2.05) is 13.8 Å². The van der Waals surface area contributed by atoms with Gasteiger partial charge in [-0.05, 0) is 59.8 Å². The molecule has 1 aliphatic carbocycles. The molecule has 1 saturated carbocycles. The summed E-state index contributed by atoms with van der Waals surface area (Å²) < 4.78 is 0. The number of carbonyl (C=O) groups is 4. The minimum Gasteiger partial charge on any atom is -0.350 e. The first-order chi connectivity index (χ1) is 15.5. The lowest BCUT2D eigenvalue weighted by Crippen LogP contribution is -2.68. The number of hydrogen-bond donors (Lipinski definition) is 4. The smallest absolute Gasteiger partial charge is 0.289 e. The van der Waals surface area contributed by atoms with Gasteiger partial charge in [-0.15, -0.1) is 0 Å². The molecule has 0 aromatic carbocycles. The van der Waals surface area contributed by atoms with Gasteiger partial charge in [0.25, 0.3) is 5.91 Å². The van der Waals surface area contributed by atoms with Crippen LogP contribution in [0.5, 0.6) is 0 Å². The number of nitrogens with zero attached hydrogens (tertiary/aromatic N) is 1. The summed E-state index contributed by atoms with van der Waals surface area (Å²) >= 11 is 0. The number of hydrogen-bond acceptors (Lipinski definition) is 6. The Balaban J connectivity index is 2.15. The van der Waals surface area contributed by atoms with Crippen LogP contribution in [0.4, 0.5) is 0 Å². The molecular formula is C24H43N5O4. The lowest BCUT2D eigenvalue weighted by molar-refractivity contribution is -0.143. The normalized spacial score (nSPS) is 23.8. The molecule has 9 heteroatoms. The number of nitrogens with one attached hydrogen (secondary N) is 3. The number of likely N-dealkylation sites (N-methyl/N-ethyl adjacent to an activating group) is 1. The third kappa shape index (κ3) is 6.76. The summed E-state index contributed by atoms with van der Waals surface area (Å²) in [5, 5.41) is 8.67. The molecule has 2 fully saturated rings. The minimum atomic E-state index is -0.966. The van der Waals surface area contributed by atoms with Crippen molar-refractivity contribution < 1.29 is 19.2 Å². The molecule has 0 aromatic heterocycles. The molecule has 0 aromatic rings. The molecule has 1 heterocycles. The number of ketones is 1. The maximum Gasteiger partial charge on any atom is 0.289 e. The highest BCUT2D eigenvalue weighted by molar-refractivity contribution is 6.38. The molecule has 0 bridgehead atoms. The molecule has 3 amide bonds. The second-order valence-corrected chi connectivity index (χ2v) is 10.2. The third-order valence-electron chi connectivity index (χ3n) is 7.27. The Kier molecular flexibility index (Phi) is 9.43. The van der Waals surface area contributed by atoms with Crippen LogP contribution in [0.25, 0.3) is 0 Å². The quantitative estimate of drug-likeness (QED) is 0.356. The number of carbonyl (C=O) groups excluding carboxylic acids is 4. The van der Waals surface area contributed by atoms with Crippen LogP contribution in [-0.2, 0) is 19.2 Å². The third-order valence-corrected chi connectivity index (χ3v) is 7.27. The van der Waals surface area contributed by atoms with Crippen molar-refractivity contribution in [2.45, 2.75) is 115 Å². The predicted molar refractivity (Wildman–Crippen MR) is 127 cm³/mol. The molecule has 188 valence electrons. The molecular weight excluding hydrogens is 422 g/mol. The first-order valence-electron chi connectivity index (χ1n) is 12.4. The Morgan fingerprint density at radius 3 is 2.33 bits per heavy atom. The Hall–Kier alpha value is -2.00. The Morgan fingerprint density at radius 2 is 1.76 bits per heavy atom. The zero-order valence-corrected chi connectivity index (χ0v) is 21.0. The van der Waals surface area contributed by atoms with Gasteiger partial charge >= 0.3 is 0 Å². The van der Waals surface area contributed by atoms with E-state index < -0.39 is 41.3 Å². The van der Waals surface area contributed by atoms with Gasteiger partial charge in [0.2, 0.25) is 17.6 Å². The largest absolute Gasteiger partial charge is 0.350 e. The van der Waals surface area contributed by atoms with E-state index in [1.54, 1.807) is 11.8 Å². The van der Waals surface area contributed by atoms with E-state index in [9.17, 15) is 19.2 Å². The molecule has 0 radical (unpaired) electrons. The van der Waals surface area contributed by atoms with E-state index in [4.69, 9.17) is 5.73 Å². The van der Waals surface area contributed by atoms with E-state index in [2.05, 4.69) is 22.9 Å². The van der Waals surface area contributed by atoms with Crippen molar-refractivity contribution in [2.75, 3.05) is 13.1 Å².